The van der Waals surface area contributed by atoms with E-state index >= 15 is 0 Å². The second-order valence-corrected chi connectivity index (χ2v) is 4.81. The number of thiazole rings is 1. The zero-order valence-electron chi connectivity index (χ0n) is 8.90. The molecule has 0 spiro atoms. The highest BCUT2D eigenvalue weighted by Crippen LogP contribution is 2.10. The van der Waals surface area contributed by atoms with E-state index in [-0.39, 0.29) is 0 Å². The molecule has 0 aliphatic heterocycles. The molecular formula is C10H14N4S. The predicted octanol–water partition coefficient (Wildman–Crippen LogP) is 1.47. The lowest BCUT2D eigenvalue weighted by Crippen LogP contribution is -2.11. The topological polar surface area (TPSA) is 42.7 Å². The van der Waals surface area contributed by atoms with Crippen LogP contribution in [0.5, 0.6) is 0 Å². The fraction of sp³-hybridized carbons (Fsp3) is 0.400. The largest absolute Gasteiger partial charge is 0.306 e. The molecule has 0 atom stereocenters. The van der Waals surface area contributed by atoms with Crippen molar-refractivity contribution in [2.45, 2.75) is 20.0 Å². The molecule has 0 radical (unpaired) electrons. The molecule has 80 valence electrons. The first-order valence-electron chi connectivity index (χ1n) is 4.83. The molecule has 2 rings (SSSR count). The van der Waals surface area contributed by atoms with Gasteiger partial charge in [-0.1, -0.05) is 0 Å². The molecule has 0 fully saturated rings. The highest BCUT2D eigenvalue weighted by Gasteiger charge is 1.99. The first-order chi connectivity index (χ1) is 7.24. The Bertz CT molecular complexity index is 392. The zero-order chi connectivity index (χ0) is 10.7. The molecule has 0 saturated heterocycles. The standard InChI is InChI=1S/C10H14N4S/c1-8-3-12-10(15-8)6-11-4-9-5-13-14(2)7-9/h3,5,7,11H,4,6H2,1-2H3. The summed E-state index contributed by atoms with van der Waals surface area (Å²) < 4.78 is 1.81. The number of rotatable bonds is 4. The lowest BCUT2D eigenvalue weighted by atomic mass is 10.3. The van der Waals surface area contributed by atoms with E-state index in [1.165, 1.54) is 10.4 Å². The van der Waals surface area contributed by atoms with Crippen LogP contribution in [0.25, 0.3) is 0 Å². The Morgan fingerprint density at radius 3 is 2.87 bits per heavy atom. The molecule has 2 aromatic rings. The van der Waals surface area contributed by atoms with E-state index in [4.69, 9.17) is 0 Å². The second-order valence-electron chi connectivity index (χ2n) is 3.49. The van der Waals surface area contributed by atoms with Crippen molar-refractivity contribution in [3.63, 3.8) is 0 Å². The van der Waals surface area contributed by atoms with Crippen LogP contribution in [0.2, 0.25) is 0 Å². The minimum Gasteiger partial charge on any atom is -0.306 e. The monoisotopic (exact) mass is 222 g/mol. The Kier molecular flexibility index (Phi) is 3.13. The van der Waals surface area contributed by atoms with Crippen LogP contribution in [0.4, 0.5) is 0 Å². The van der Waals surface area contributed by atoms with Gasteiger partial charge in [-0.3, -0.25) is 4.68 Å². The van der Waals surface area contributed by atoms with Crippen LogP contribution >= 0.6 is 11.3 Å². The quantitative estimate of drug-likeness (QED) is 0.852. The Hall–Kier alpha value is -1.20. The fourth-order valence-electron chi connectivity index (χ4n) is 1.36. The van der Waals surface area contributed by atoms with Crippen molar-refractivity contribution in [1.29, 1.82) is 0 Å². The summed E-state index contributed by atoms with van der Waals surface area (Å²) in [5, 5.41) is 8.58. The van der Waals surface area contributed by atoms with Gasteiger partial charge in [-0.15, -0.1) is 11.3 Å². The van der Waals surface area contributed by atoms with E-state index in [0.29, 0.717) is 0 Å². The summed E-state index contributed by atoms with van der Waals surface area (Å²) in [6.45, 7) is 3.74. The average molecular weight is 222 g/mol. The summed E-state index contributed by atoms with van der Waals surface area (Å²) in [5.41, 5.74) is 1.20. The van der Waals surface area contributed by atoms with Gasteiger partial charge in [0.2, 0.25) is 0 Å². The van der Waals surface area contributed by atoms with Crippen molar-refractivity contribution in [3.05, 3.63) is 34.0 Å². The third-order valence-corrected chi connectivity index (χ3v) is 2.95. The SMILES string of the molecule is Cc1cnc(CNCc2cnn(C)c2)s1. The summed E-state index contributed by atoms with van der Waals surface area (Å²) in [5.74, 6) is 0. The molecule has 0 unspecified atom stereocenters. The first-order valence-corrected chi connectivity index (χ1v) is 5.65. The Labute approximate surface area is 93.0 Å². The molecule has 2 aromatic heterocycles. The number of hydrogen-bond acceptors (Lipinski definition) is 4. The molecule has 0 amide bonds. The third-order valence-electron chi connectivity index (χ3n) is 2.03. The minimum absolute atomic E-state index is 0.827. The van der Waals surface area contributed by atoms with Crippen molar-refractivity contribution in [1.82, 2.24) is 20.1 Å². The van der Waals surface area contributed by atoms with E-state index in [0.717, 1.165) is 18.1 Å². The first kappa shape index (κ1) is 10.3. The van der Waals surface area contributed by atoms with Gasteiger partial charge in [0.25, 0.3) is 0 Å². The van der Waals surface area contributed by atoms with Gasteiger partial charge >= 0.3 is 0 Å². The van der Waals surface area contributed by atoms with Gasteiger partial charge in [0, 0.05) is 43.0 Å². The number of nitrogens with zero attached hydrogens (tertiary/aromatic N) is 3. The molecule has 4 nitrogen and oxygen atoms in total. The van der Waals surface area contributed by atoms with Crippen molar-refractivity contribution in [2.24, 2.45) is 7.05 Å². The number of nitrogens with one attached hydrogen (secondary N) is 1. The molecular weight excluding hydrogens is 208 g/mol. The van der Waals surface area contributed by atoms with Crippen LogP contribution in [-0.4, -0.2) is 14.8 Å². The Balaban J connectivity index is 1.80. The Morgan fingerprint density at radius 1 is 1.40 bits per heavy atom. The number of aryl methyl sites for hydroxylation is 2. The highest BCUT2D eigenvalue weighted by molar-refractivity contribution is 7.11. The Morgan fingerprint density at radius 2 is 2.27 bits per heavy atom. The molecule has 5 heteroatoms. The molecule has 15 heavy (non-hydrogen) atoms. The number of hydrogen-bond donors (Lipinski definition) is 1. The van der Waals surface area contributed by atoms with E-state index < -0.39 is 0 Å². The van der Waals surface area contributed by atoms with Crippen LogP contribution < -0.4 is 5.32 Å². The van der Waals surface area contributed by atoms with Crippen molar-refractivity contribution in [2.75, 3.05) is 0 Å². The predicted molar refractivity (Wildman–Crippen MR) is 60.6 cm³/mol. The van der Waals surface area contributed by atoms with Crippen molar-refractivity contribution >= 4 is 11.3 Å². The van der Waals surface area contributed by atoms with Gasteiger partial charge in [-0.05, 0) is 6.92 Å². The maximum absolute atomic E-state index is 4.29. The summed E-state index contributed by atoms with van der Waals surface area (Å²) in [7, 11) is 1.92. The van der Waals surface area contributed by atoms with Crippen LogP contribution in [-0.2, 0) is 20.1 Å². The van der Waals surface area contributed by atoms with Crippen molar-refractivity contribution in [3.8, 4) is 0 Å². The normalized spacial score (nSPS) is 10.8. The fourth-order valence-corrected chi connectivity index (χ4v) is 2.12. The van der Waals surface area contributed by atoms with E-state index in [2.05, 4.69) is 22.3 Å². The molecule has 0 aliphatic rings. The second kappa shape index (κ2) is 4.55. The van der Waals surface area contributed by atoms with E-state index in [1.54, 1.807) is 11.3 Å². The molecule has 0 aliphatic carbocycles. The molecule has 0 saturated carbocycles. The van der Waals surface area contributed by atoms with Gasteiger partial charge < -0.3 is 5.32 Å². The highest BCUT2D eigenvalue weighted by atomic mass is 32.1. The van der Waals surface area contributed by atoms with Gasteiger partial charge in [0.15, 0.2) is 0 Å². The van der Waals surface area contributed by atoms with Gasteiger partial charge in [-0.2, -0.15) is 5.10 Å². The van der Waals surface area contributed by atoms with Gasteiger partial charge in [0.1, 0.15) is 5.01 Å². The minimum atomic E-state index is 0.827. The smallest absolute Gasteiger partial charge is 0.107 e. The summed E-state index contributed by atoms with van der Waals surface area (Å²) in [6.07, 6.45) is 5.80. The maximum atomic E-state index is 4.29. The number of aromatic nitrogens is 3. The average Bonchev–Trinajstić information content (AvgIpc) is 2.76. The molecule has 2 heterocycles. The van der Waals surface area contributed by atoms with E-state index in [1.807, 2.05) is 30.3 Å². The zero-order valence-corrected chi connectivity index (χ0v) is 9.71. The maximum Gasteiger partial charge on any atom is 0.107 e. The van der Waals surface area contributed by atoms with Gasteiger partial charge in [0.05, 0.1) is 6.20 Å². The summed E-state index contributed by atoms with van der Waals surface area (Å²) >= 11 is 1.73. The van der Waals surface area contributed by atoms with Crippen LogP contribution in [0.15, 0.2) is 18.6 Å². The van der Waals surface area contributed by atoms with E-state index in [9.17, 15) is 0 Å². The molecule has 1 N–H and O–H groups in total. The third kappa shape index (κ3) is 2.87. The van der Waals surface area contributed by atoms with Crippen LogP contribution in [0.3, 0.4) is 0 Å². The lowest BCUT2D eigenvalue weighted by Gasteiger charge is -1.98. The van der Waals surface area contributed by atoms with Gasteiger partial charge in [-0.25, -0.2) is 4.98 Å². The van der Waals surface area contributed by atoms with Crippen LogP contribution in [0.1, 0.15) is 15.4 Å². The van der Waals surface area contributed by atoms with Crippen LogP contribution in [0, 0.1) is 6.92 Å². The van der Waals surface area contributed by atoms with Crippen molar-refractivity contribution < 1.29 is 0 Å². The molecule has 0 aromatic carbocycles. The lowest BCUT2D eigenvalue weighted by molar-refractivity contribution is 0.688. The summed E-state index contributed by atoms with van der Waals surface area (Å²) in [6, 6.07) is 0. The summed E-state index contributed by atoms with van der Waals surface area (Å²) in [4.78, 5) is 5.54. The molecule has 0 bridgehead atoms.